The van der Waals surface area contributed by atoms with Gasteiger partial charge in [0.25, 0.3) is 11.9 Å². The van der Waals surface area contributed by atoms with E-state index in [2.05, 4.69) is 25.9 Å². The van der Waals surface area contributed by atoms with Gasteiger partial charge in [0, 0.05) is 5.39 Å². The fourth-order valence-electron chi connectivity index (χ4n) is 1.76. The third kappa shape index (κ3) is 2.30. The number of hydrogen-bond donors (Lipinski definition) is 2. The molecule has 0 saturated heterocycles. The first-order valence-electron chi connectivity index (χ1n) is 5.61. The van der Waals surface area contributed by atoms with Gasteiger partial charge >= 0.3 is 0 Å². The highest BCUT2D eigenvalue weighted by atomic mass is 35.5. The molecular weight excluding hydrogens is 321 g/mol. The van der Waals surface area contributed by atoms with E-state index in [1.54, 1.807) is 6.07 Å². The number of aromatic nitrogens is 4. The highest BCUT2D eigenvalue weighted by Gasteiger charge is 2.21. The third-order valence-corrected chi connectivity index (χ3v) is 4.40. The molecule has 2 N–H and O–H groups in total. The number of rotatable bonds is 3. The van der Waals surface area contributed by atoms with Gasteiger partial charge in [-0.05, 0) is 17.3 Å². The number of hydrogen-bond acceptors (Lipinski definition) is 6. The van der Waals surface area contributed by atoms with Gasteiger partial charge in [-0.1, -0.05) is 16.7 Å². The molecule has 10 heteroatoms. The van der Waals surface area contributed by atoms with E-state index in [4.69, 9.17) is 16.3 Å². The monoisotopic (exact) mass is 327 g/mol. The summed E-state index contributed by atoms with van der Waals surface area (Å²) in [5, 5.41) is 15.7. The van der Waals surface area contributed by atoms with E-state index in [1.807, 2.05) is 0 Å². The molecule has 3 rings (SSSR count). The van der Waals surface area contributed by atoms with Crippen LogP contribution in [0.1, 0.15) is 9.67 Å². The van der Waals surface area contributed by atoms with Crippen molar-refractivity contribution < 1.29 is 13.9 Å². The Labute approximate surface area is 126 Å². The quantitative estimate of drug-likeness (QED) is 0.771. The number of tetrazole rings is 1. The Balaban J connectivity index is 2.05. The number of aromatic amines is 1. The van der Waals surface area contributed by atoms with Crippen molar-refractivity contribution in [3.8, 4) is 5.75 Å². The zero-order chi connectivity index (χ0) is 15.0. The maximum absolute atomic E-state index is 14.2. The summed E-state index contributed by atoms with van der Waals surface area (Å²) < 4.78 is 19.3. The van der Waals surface area contributed by atoms with Gasteiger partial charge in [0.1, 0.15) is 4.88 Å². The fraction of sp³-hybridized carbons (Fsp3) is 0.0909. The molecule has 0 fully saturated rings. The average molecular weight is 328 g/mol. The van der Waals surface area contributed by atoms with Crippen LogP contribution in [0.2, 0.25) is 5.02 Å². The van der Waals surface area contributed by atoms with Gasteiger partial charge in [0.05, 0.1) is 16.8 Å². The van der Waals surface area contributed by atoms with Gasteiger partial charge in [0.2, 0.25) is 0 Å². The summed E-state index contributed by atoms with van der Waals surface area (Å²) in [5.41, 5.74) is 0. The molecule has 1 aromatic carbocycles. The van der Waals surface area contributed by atoms with Gasteiger partial charge in [-0.2, -0.15) is 5.21 Å². The zero-order valence-electron chi connectivity index (χ0n) is 10.5. The molecule has 0 saturated carbocycles. The maximum atomic E-state index is 14.2. The van der Waals surface area contributed by atoms with Crippen molar-refractivity contribution in [1.29, 1.82) is 0 Å². The molecule has 0 radical (unpaired) electrons. The summed E-state index contributed by atoms with van der Waals surface area (Å²) >= 11 is 7.06. The van der Waals surface area contributed by atoms with Crippen molar-refractivity contribution in [2.75, 3.05) is 12.4 Å². The number of benzene rings is 1. The number of carbonyl (C=O) groups excluding carboxylic acids is 1. The molecule has 7 nitrogen and oxygen atoms in total. The Morgan fingerprint density at radius 1 is 1.52 bits per heavy atom. The molecule has 3 aromatic rings. The molecule has 21 heavy (non-hydrogen) atoms. The van der Waals surface area contributed by atoms with Gasteiger partial charge in [-0.3, -0.25) is 10.1 Å². The Hall–Kier alpha value is -2.26. The fourth-order valence-corrected chi connectivity index (χ4v) is 3.19. The second-order valence-electron chi connectivity index (χ2n) is 3.89. The lowest BCUT2D eigenvalue weighted by atomic mass is 10.2. The molecule has 2 aromatic heterocycles. The normalized spacial score (nSPS) is 10.8. The van der Waals surface area contributed by atoms with Crippen LogP contribution >= 0.6 is 22.9 Å². The van der Waals surface area contributed by atoms with Crippen LogP contribution in [0.4, 0.5) is 10.3 Å². The number of fused-ring (bicyclic) bond motifs is 1. The number of amides is 1. The van der Waals surface area contributed by atoms with Crippen molar-refractivity contribution in [2.24, 2.45) is 0 Å². The molecule has 0 aliphatic rings. The summed E-state index contributed by atoms with van der Waals surface area (Å²) in [4.78, 5) is 12.3. The number of thiophene rings is 1. The largest absolute Gasteiger partial charge is 0.494 e. The zero-order valence-corrected chi connectivity index (χ0v) is 12.0. The van der Waals surface area contributed by atoms with Crippen molar-refractivity contribution in [2.45, 2.75) is 0 Å². The van der Waals surface area contributed by atoms with Gasteiger partial charge in [-0.25, -0.2) is 4.39 Å². The lowest BCUT2D eigenvalue weighted by Gasteiger charge is -2.01. The number of carbonyl (C=O) groups is 1. The van der Waals surface area contributed by atoms with Crippen molar-refractivity contribution in [3.05, 3.63) is 27.8 Å². The van der Waals surface area contributed by atoms with Gasteiger partial charge in [-0.15, -0.1) is 16.4 Å². The van der Waals surface area contributed by atoms with E-state index in [1.165, 1.54) is 13.2 Å². The minimum atomic E-state index is -0.555. The van der Waals surface area contributed by atoms with Crippen LogP contribution in [-0.2, 0) is 0 Å². The van der Waals surface area contributed by atoms with E-state index >= 15 is 0 Å². The van der Waals surface area contributed by atoms with Crippen LogP contribution < -0.4 is 10.1 Å². The Morgan fingerprint density at radius 3 is 3.00 bits per heavy atom. The number of ether oxygens (including phenoxy) is 1. The van der Waals surface area contributed by atoms with Crippen molar-refractivity contribution in [3.63, 3.8) is 0 Å². The lowest BCUT2D eigenvalue weighted by Crippen LogP contribution is -2.11. The van der Waals surface area contributed by atoms with Crippen molar-refractivity contribution >= 4 is 44.9 Å². The minimum absolute atomic E-state index is 0.00609. The summed E-state index contributed by atoms with van der Waals surface area (Å²) in [6.07, 6.45) is 0. The second kappa shape index (κ2) is 5.26. The molecule has 0 bridgehead atoms. The number of H-pyrrole nitrogens is 1. The minimum Gasteiger partial charge on any atom is -0.494 e. The van der Waals surface area contributed by atoms with E-state index in [0.717, 1.165) is 11.3 Å². The van der Waals surface area contributed by atoms with Crippen LogP contribution in [0, 0.1) is 5.82 Å². The average Bonchev–Trinajstić information content (AvgIpc) is 3.08. The number of nitrogens with one attached hydrogen (secondary N) is 2. The first-order chi connectivity index (χ1) is 10.1. The predicted octanol–water partition coefficient (Wildman–Crippen LogP) is 2.47. The predicted molar refractivity (Wildman–Crippen MR) is 75.5 cm³/mol. The first kappa shape index (κ1) is 13.7. The molecule has 0 aliphatic carbocycles. The standard InChI is InChI=1S/C11H7ClFN5O2S/c1-20-5-3-2-4-6(12)9(21-8(4)7(5)13)10(19)14-11-15-17-18-16-11/h2-3H,1H3,(H2,14,15,16,17,18,19). The molecule has 0 spiro atoms. The topological polar surface area (TPSA) is 92.8 Å². The second-order valence-corrected chi connectivity index (χ2v) is 5.29. The van der Waals surface area contributed by atoms with E-state index in [-0.39, 0.29) is 26.3 Å². The summed E-state index contributed by atoms with van der Waals surface area (Å²) in [7, 11) is 1.36. The molecule has 0 atom stereocenters. The summed E-state index contributed by atoms with van der Waals surface area (Å²) in [6, 6.07) is 3.05. The summed E-state index contributed by atoms with van der Waals surface area (Å²) in [6.45, 7) is 0. The van der Waals surface area contributed by atoms with E-state index in [0.29, 0.717) is 5.39 Å². The molecule has 2 heterocycles. The highest BCUT2D eigenvalue weighted by Crippen LogP contribution is 2.39. The van der Waals surface area contributed by atoms with Crippen molar-refractivity contribution in [1.82, 2.24) is 20.6 Å². The van der Waals surface area contributed by atoms with E-state index in [9.17, 15) is 9.18 Å². The number of halogens is 2. The Kier molecular flexibility index (Phi) is 3.43. The first-order valence-corrected chi connectivity index (χ1v) is 6.80. The maximum Gasteiger partial charge on any atom is 0.270 e. The molecular formula is C11H7ClFN5O2S. The van der Waals surface area contributed by atoms with Crippen LogP contribution in [0.5, 0.6) is 5.75 Å². The third-order valence-electron chi connectivity index (χ3n) is 2.70. The highest BCUT2D eigenvalue weighted by molar-refractivity contribution is 7.21. The van der Waals surface area contributed by atoms with E-state index < -0.39 is 11.7 Å². The van der Waals surface area contributed by atoms with Crippen LogP contribution in [0.3, 0.4) is 0 Å². The van der Waals surface area contributed by atoms with Crippen LogP contribution in [-0.4, -0.2) is 33.6 Å². The number of nitrogens with zero attached hydrogens (tertiary/aromatic N) is 3. The number of anilines is 1. The molecule has 1 amide bonds. The van der Waals surface area contributed by atoms with Crippen LogP contribution in [0.15, 0.2) is 12.1 Å². The molecule has 0 unspecified atom stereocenters. The lowest BCUT2D eigenvalue weighted by molar-refractivity contribution is 0.103. The van der Waals surface area contributed by atoms with Gasteiger partial charge < -0.3 is 4.74 Å². The molecule has 108 valence electrons. The SMILES string of the molecule is COc1ccc2c(Cl)c(C(=O)Nc3nn[nH]n3)sc2c1F. The Morgan fingerprint density at radius 2 is 2.33 bits per heavy atom. The number of methoxy groups -OCH3 is 1. The summed E-state index contributed by atoms with van der Waals surface area (Å²) in [5.74, 6) is -1.00. The Bertz CT molecular complexity index is 820. The van der Waals surface area contributed by atoms with Crippen LogP contribution in [0.25, 0.3) is 10.1 Å². The van der Waals surface area contributed by atoms with Gasteiger partial charge in [0.15, 0.2) is 11.6 Å². The molecule has 0 aliphatic heterocycles. The smallest absolute Gasteiger partial charge is 0.270 e.